The van der Waals surface area contributed by atoms with Gasteiger partial charge in [0.25, 0.3) is 5.91 Å². The molecule has 0 unspecified atom stereocenters. The first kappa shape index (κ1) is 11.0. The van der Waals surface area contributed by atoms with Crippen LogP contribution in [-0.2, 0) is 4.79 Å². The molecule has 0 fully saturated rings. The largest absolute Gasteiger partial charge is 0.507 e. The summed E-state index contributed by atoms with van der Waals surface area (Å²) in [6.45, 7) is 2.96. The van der Waals surface area contributed by atoms with Gasteiger partial charge in [0, 0.05) is 6.92 Å². The molecule has 0 aliphatic rings. The normalized spacial score (nSPS) is 9.47. The molecule has 2 amide bonds. The van der Waals surface area contributed by atoms with Gasteiger partial charge >= 0.3 is 0 Å². The third kappa shape index (κ3) is 2.70. The highest BCUT2D eigenvalue weighted by Gasteiger charge is 2.11. The van der Waals surface area contributed by atoms with Gasteiger partial charge in [0.2, 0.25) is 5.91 Å². The van der Waals surface area contributed by atoms with Gasteiger partial charge in [-0.1, -0.05) is 12.1 Å². The van der Waals surface area contributed by atoms with Gasteiger partial charge < -0.3 is 5.11 Å². The number of phenolic OH excluding ortho intramolecular Hbond substituents is 1. The van der Waals surface area contributed by atoms with Gasteiger partial charge in [0.05, 0.1) is 5.56 Å². The van der Waals surface area contributed by atoms with E-state index in [2.05, 4.69) is 10.9 Å². The summed E-state index contributed by atoms with van der Waals surface area (Å²) in [5.74, 6) is -1.01. The molecule has 0 bridgehead atoms. The van der Waals surface area contributed by atoms with Crippen LogP contribution in [0.2, 0.25) is 0 Å². The van der Waals surface area contributed by atoms with E-state index in [9.17, 15) is 14.7 Å². The molecule has 15 heavy (non-hydrogen) atoms. The molecule has 1 aromatic carbocycles. The van der Waals surface area contributed by atoms with Crippen molar-refractivity contribution in [3.63, 3.8) is 0 Å². The summed E-state index contributed by atoms with van der Waals surface area (Å²) < 4.78 is 0. The fourth-order valence-corrected chi connectivity index (χ4v) is 1.05. The summed E-state index contributed by atoms with van der Waals surface area (Å²) in [6.07, 6.45) is 0. The number of para-hydroxylation sites is 1. The lowest BCUT2D eigenvalue weighted by atomic mass is 10.1. The Morgan fingerprint density at radius 3 is 2.53 bits per heavy atom. The number of carbonyl (C=O) groups is 2. The van der Waals surface area contributed by atoms with Crippen molar-refractivity contribution < 1.29 is 14.7 Å². The Hall–Kier alpha value is -2.04. The Balaban J connectivity index is 2.82. The average molecular weight is 208 g/mol. The van der Waals surface area contributed by atoms with Crippen LogP contribution in [0.4, 0.5) is 0 Å². The predicted molar refractivity (Wildman–Crippen MR) is 54.1 cm³/mol. The number of benzene rings is 1. The van der Waals surface area contributed by atoms with E-state index < -0.39 is 5.91 Å². The van der Waals surface area contributed by atoms with Crippen LogP contribution in [0.1, 0.15) is 22.8 Å². The Bertz CT molecular complexity index is 402. The van der Waals surface area contributed by atoms with Crippen molar-refractivity contribution in [2.45, 2.75) is 13.8 Å². The molecule has 1 aromatic rings. The minimum atomic E-state index is -0.550. The lowest BCUT2D eigenvalue weighted by Gasteiger charge is -2.07. The van der Waals surface area contributed by atoms with Crippen molar-refractivity contribution in [1.82, 2.24) is 10.9 Å². The second-order valence-electron chi connectivity index (χ2n) is 3.11. The van der Waals surface area contributed by atoms with E-state index in [1.165, 1.54) is 13.0 Å². The van der Waals surface area contributed by atoms with E-state index in [0.717, 1.165) is 0 Å². The molecule has 0 spiro atoms. The van der Waals surface area contributed by atoms with Gasteiger partial charge in [-0.05, 0) is 18.6 Å². The van der Waals surface area contributed by atoms with Gasteiger partial charge in [-0.2, -0.15) is 0 Å². The lowest BCUT2D eigenvalue weighted by Crippen LogP contribution is -2.40. The van der Waals surface area contributed by atoms with Crippen LogP contribution >= 0.6 is 0 Å². The number of aryl methyl sites for hydroxylation is 1. The van der Waals surface area contributed by atoms with Crippen molar-refractivity contribution >= 4 is 11.8 Å². The van der Waals surface area contributed by atoms with Crippen molar-refractivity contribution in [3.8, 4) is 5.75 Å². The number of hydrogen-bond donors (Lipinski definition) is 3. The molecule has 1 rings (SSSR count). The molecule has 0 aliphatic carbocycles. The molecule has 3 N–H and O–H groups in total. The van der Waals surface area contributed by atoms with Gasteiger partial charge in [0.15, 0.2) is 0 Å². The number of amides is 2. The Morgan fingerprint density at radius 2 is 1.93 bits per heavy atom. The smallest absolute Gasteiger partial charge is 0.273 e. The minimum absolute atomic E-state index is 0.0830. The maximum atomic E-state index is 11.4. The fourth-order valence-electron chi connectivity index (χ4n) is 1.05. The zero-order valence-corrected chi connectivity index (χ0v) is 8.50. The standard InChI is InChI=1S/C10H12N2O3/c1-6-4-3-5-8(9(6)14)10(15)12-11-7(2)13/h3-5,14H,1-2H3,(H,11,13)(H,12,15). The number of hydrazine groups is 1. The number of rotatable bonds is 1. The zero-order valence-electron chi connectivity index (χ0n) is 8.50. The van der Waals surface area contributed by atoms with Crippen molar-refractivity contribution in [1.29, 1.82) is 0 Å². The van der Waals surface area contributed by atoms with Crippen LogP contribution in [0, 0.1) is 6.92 Å². The molecule has 0 saturated carbocycles. The third-order valence-electron chi connectivity index (χ3n) is 1.83. The molecule has 0 radical (unpaired) electrons. The number of phenols is 1. The highest BCUT2D eigenvalue weighted by molar-refractivity contribution is 5.97. The maximum absolute atomic E-state index is 11.4. The van der Waals surface area contributed by atoms with Gasteiger partial charge in [-0.15, -0.1) is 0 Å². The van der Waals surface area contributed by atoms with Crippen molar-refractivity contribution in [3.05, 3.63) is 29.3 Å². The predicted octanol–water partition coefficient (Wildman–Crippen LogP) is 0.482. The summed E-state index contributed by atoms with van der Waals surface area (Å²) in [6, 6.07) is 4.81. The fraction of sp³-hybridized carbons (Fsp3) is 0.200. The summed E-state index contributed by atoms with van der Waals surface area (Å²) in [5.41, 5.74) is 5.04. The van der Waals surface area contributed by atoms with Crippen molar-refractivity contribution in [2.24, 2.45) is 0 Å². The van der Waals surface area contributed by atoms with Crippen LogP contribution in [0.5, 0.6) is 5.75 Å². The number of hydrogen-bond acceptors (Lipinski definition) is 3. The van der Waals surface area contributed by atoms with E-state index in [4.69, 9.17) is 0 Å². The van der Waals surface area contributed by atoms with Crippen LogP contribution in [-0.4, -0.2) is 16.9 Å². The van der Waals surface area contributed by atoms with Gasteiger partial charge in [0.1, 0.15) is 5.75 Å². The zero-order chi connectivity index (χ0) is 11.4. The number of aromatic hydroxyl groups is 1. The molecule has 0 saturated heterocycles. The molecule has 0 aromatic heterocycles. The molecule has 0 heterocycles. The first-order valence-electron chi connectivity index (χ1n) is 4.38. The van der Waals surface area contributed by atoms with Crippen LogP contribution in [0.25, 0.3) is 0 Å². The summed E-state index contributed by atoms with van der Waals surface area (Å²) in [5, 5.41) is 9.56. The Kier molecular flexibility index (Phi) is 3.28. The van der Waals surface area contributed by atoms with E-state index >= 15 is 0 Å². The second-order valence-corrected chi connectivity index (χ2v) is 3.11. The Morgan fingerprint density at radius 1 is 1.27 bits per heavy atom. The summed E-state index contributed by atoms with van der Waals surface area (Å²) in [4.78, 5) is 22.0. The topological polar surface area (TPSA) is 78.4 Å². The van der Waals surface area contributed by atoms with E-state index in [0.29, 0.717) is 5.56 Å². The Labute approximate surface area is 87.1 Å². The van der Waals surface area contributed by atoms with E-state index in [1.54, 1.807) is 19.1 Å². The van der Waals surface area contributed by atoms with Gasteiger partial charge in [-0.3, -0.25) is 20.4 Å². The SMILES string of the molecule is CC(=O)NNC(=O)c1cccc(C)c1O. The van der Waals surface area contributed by atoms with Crippen LogP contribution in [0.3, 0.4) is 0 Å². The number of nitrogens with one attached hydrogen (secondary N) is 2. The average Bonchev–Trinajstić information content (AvgIpc) is 2.18. The summed E-state index contributed by atoms with van der Waals surface area (Å²) in [7, 11) is 0. The monoisotopic (exact) mass is 208 g/mol. The molecule has 5 nitrogen and oxygen atoms in total. The highest BCUT2D eigenvalue weighted by Crippen LogP contribution is 2.20. The van der Waals surface area contributed by atoms with Crippen LogP contribution < -0.4 is 10.9 Å². The third-order valence-corrected chi connectivity index (χ3v) is 1.83. The first-order chi connectivity index (χ1) is 7.02. The molecule has 0 aliphatic heterocycles. The number of carbonyl (C=O) groups excluding carboxylic acids is 2. The first-order valence-corrected chi connectivity index (χ1v) is 4.38. The summed E-state index contributed by atoms with van der Waals surface area (Å²) >= 11 is 0. The molecule has 80 valence electrons. The molecular formula is C10H12N2O3. The minimum Gasteiger partial charge on any atom is -0.507 e. The lowest BCUT2D eigenvalue weighted by molar-refractivity contribution is -0.119. The molecule has 5 heteroatoms. The second kappa shape index (κ2) is 4.45. The molecule has 0 atom stereocenters. The van der Waals surface area contributed by atoms with E-state index in [-0.39, 0.29) is 17.2 Å². The maximum Gasteiger partial charge on any atom is 0.273 e. The quantitative estimate of drug-likeness (QED) is 0.587. The van der Waals surface area contributed by atoms with Crippen molar-refractivity contribution in [2.75, 3.05) is 0 Å². The van der Waals surface area contributed by atoms with E-state index in [1.807, 2.05) is 0 Å². The van der Waals surface area contributed by atoms with Gasteiger partial charge in [-0.25, -0.2) is 0 Å². The molecular weight excluding hydrogens is 196 g/mol. The van der Waals surface area contributed by atoms with Crippen LogP contribution in [0.15, 0.2) is 18.2 Å². The highest BCUT2D eigenvalue weighted by atomic mass is 16.3.